The Bertz CT molecular complexity index is 731. The van der Waals surface area contributed by atoms with Crippen LogP contribution in [0.5, 0.6) is 0 Å². The molecule has 24 heavy (non-hydrogen) atoms. The number of carbonyl (C=O) groups excluding carboxylic acids is 1. The zero-order valence-corrected chi connectivity index (χ0v) is 14.0. The number of hydrogen-bond acceptors (Lipinski definition) is 5. The third-order valence-electron chi connectivity index (χ3n) is 3.19. The largest absolute Gasteiger partial charge is 0.272 e. The maximum absolute atomic E-state index is 11.8. The van der Waals surface area contributed by atoms with Crippen LogP contribution < -0.4 is 5.43 Å². The van der Waals surface area contributed by atoms with Crippen molar-refractivity contribution < 1.29 is 9.72 Å². The second-order valence-electron chi connectivity index (χ2n) is 5.01. The van der Waals surface area contributed by atoms with Gasteiger partial charge >= 0.3 is 0 Å². The van der Waals surface area contributed by atoms with Gasteiger partial charge in [-0.25, -0.2) is 5.43 Å². The van der Waals surface area contributed by atoms with E-state index in [1.54, 1.807) is 19.1 Å². The summed E-state index contributed by atoms with van der Waals surface area (Å²) in [5.74, 6) is 0.891. The summed E-state index contributed by atoms with van der Waals surface area (Å²) in [5.41, 5.74) is 5.00. The van der Waals surface area contributed by atoms with Crippen LogP contribution in [0.15, 0.2) is 59.7 Å². The summed E-state index contributed by atoms with van der Waals surface area (Å²) >= 11 is 1.51. The molecule has 1 amide bonds. The maximum Gasteiger partial charge on any atom is 0.269 e. The van der Waals surface area contributed by atoms with Crippen LogP contribution in [-0.2, 0) is 10.5 Å². The number of nitro benzene ring substituents is 1. The molecule has 0 heterocycles. The Labute approximate surface area is 144 Å². The summed E-state index contributed by atoms with van der Waals surface area (Å²) in [6.45, 7) is 1.73. The Morgan fingerprint density at radius 3 is 2.46 bits per heavy atom. The number of nitrogens with zero attached hydrogens (tertiary/aromatic N) is 2. The van der Waals surface area contributed by atoms with Crippen molar-refractivity contribution in [2.24, 2.45) is 5.10 Å². The number of non-ortho nitro benzene ring substituents is 1. The third kappa shape index (κ3) is 5.51. The first-order valence-electron chi connectivity index (χ1n) is 7.26. The highest BCUT2D eigenvalue weighted by molar-refractivity contribution is 7.99. The van der Waals surface area contributed by atoms with Gasteiger partial charge in [0.15, 0.2) is 0 Å². The van der Waals surface area contributed by atoms with E-state index in [1.165, 1.54) is 29.5 Å². The fourth-order valence-corrected chi connectivity index (χ4v) is 2.68. The molecule has 7 heteroatoms. The van der Waals surface area contributed by atoms with E-state index in [9.17, 15) is 14.9 Å². The highest BCUT2D eigenvalue weighted by Crippen LogP contribution is 2.13. The average Bonchev–Trinajstić information content (AvgIpc) is 2.60. The fraction of sp³-hybridized carbons (Fsp3) is 0.176. The van der Waals surface area contributed by atoms with E-state index in [4.69, 9.17) is 0 Å². The van der Waals surface area contributed by atoms with Gasteiger partial charge in [0.25, 0.3) is 5.69 Å². The molecule has 1 N–H and O–H groups in total. The molecule has 0 aliphatic carbocycles. The second-order valence-corrected chi connectivity index (χ2v) is 6.00. The first-order chi connectivity index (χ1) is 11.6. The van der Waals surface area contributed by atoms with E-state index >= 15 is 0 Å². The van der Waals surface area contributed by atoms with Gasteiger partial charge in [0, 0.05) is 17.9 Å². The maximum atomic E-state index is 11.8. The van der Waals surface area contributed by atoms with Crippen LogP contribution in [0, 0.1) is 10.1 Å². The first-order valence-corrected chi connectivity index (χ1v) is 8.41. The van der Waals surface area contributed by atoms with Gasteiger partial charge < -0.3 is 0 Å². The minimum Gasteiger partial charge on any atom is -0.272 e. The number of thioether (sulfide) groups is 1. The molecular formula is C17H17N3O3S. The molecule has 0 bridgehead atoms. The highest BCUT2D eigenvalue weighted by atomic mass is 32.2. The van der Waals surface area contributed by atoms with Crippen molar-refractivity contribution in [2.45, 2.75) is 12.7 Å². The van der Waals surface area contributed by atoms with E-state index < -0.39 is 4.92 Å². The number of nitrogens with one attached hydrogen (secondary N) is 1. The molecule has 0 spiro atoms. The van der Waals surface area contributed by atoms with Gasteiger partial charge in [-0.3, -0.25) is 14.9 Å². The predicted molar refractivity (Wildman–Crippen MR) is 96.1 cm³/mol. The number of amides is 1. The molecule has 124 valence electrons. The molecule has 0 atom stereocenters. The number of hydrazone groups is 1. The Kier molecular flexibility index (Phi) is 6.51. The van der Waals surface area contributed by atoms with E-state index in [2.05, 4.69) is 10.5 Å². The lowest BCUT2D eigenvalue weighted by atomic mass is 10.1. The zero-order chi connectivity index (χ0) is 17.4. The van der Waals surface area contributed by atoms with E-state index in [0.717, 1.165) is 11.3 Å². The van der Waals surface area contributed by atoms with Crippen LogP contribution in [0.1, 0.15) is 18.1 Å². The SMILES string of the molecule is C/C(=N/NC(=O)CSCc1ccccc1)c1ccc([N+](=O)[O-])cc1. The minimum atomic E-state index is -0.456. The Hall–Kier alpha value is -2.67. The van der Waals surface area contributed by atoms with Crippen LogP contribution in [0.4, 0.5) is 5.69 Å². The van der Waals surface area contributed by atoms with Crippen LogP contribution in [0.3, 0.4) is 0 Å². The minimum absolute atomic E-state index is 0.0212. The van der Waals surface area contributed by atoms with Crippen molar-refractivity contribution in [1.29, 1.82) is 0 Å². The molecule has 6 nitrogen and oxygen atoms in total. The number of carbonyl (C=O) groups is 1. The van der Waals surface area contributed by atoms with Gasteiger partial charge in [-0.15, -0.1) is 11.8 Å². The smallest absolute Gasteiger partial charge is 0.269 e. The molecule has 0 aliphatic rings. The lowest BCUT2D eigenvalue weighted by Gasteiger charge is -2.03. The Balaban J connectivity index is 1.80. The topological polar surface area (TPSA) is 84.6 Å². The summed E-state index contributed by atoms with van der Waals surface area (Å²) < 4.78 is 0. The molecule has 0 aliphatic heterocycles. The van der Waals surface area contributed by atoms with Crippen molar-refractivity contribution in [1.82, 2.24) is 5.43 Å². The predicted octanol–water partition coefficient (Wildman–Crippen LogP) is 3.37. The molecule has 2 aromatic carbocycles. The van der Waals surface area contributed by atoms with Crippen molar-refractivity contribution >= 4 is 29.1 Å². The first kappa shape index (κ1) is 17.7. The van der Waals surface area contributed by atoms with Gasteiger partial charge in [0.1, 0.15) is 0 Å². The summed E-state index contributed by atoms with van der Waals surface area (Å²) in [4.78, 5) is 21.9. The van der Waals surface area contributed by atoms with Crippen molar-refractivity contribution in [2.75, 3.05) is 5.75 Å². The number of nitro groups is 1. The average molecular weight is 343 g/mol. The van der Waals surface area contributed by atoms with E-state index in [-0.39, 0.29) is 11.6 Å². The van der Waals surface area contributed by atoms with Gasteiger partial charge in [0.2, 0.25) is 5.91 Å². The summed E-state index contributed by atoms with van der Waals surface area (Å²) in [5, 5.41) is 14.6. The lowest BCUT2D eigenvalue weighted by molar-refractivity contribution is -0.384. The second kappa shape index (κ2) is 8.83. The molecule has 0 radical (unpaired) electrons. The van der Waals surface area contributed by atoms with Gasteiger partial charge in [-0.05, 0) is 30.2 Å². The molecular weight excluding hydrogens is 326 g/mol. The fourth-order valence-electron chi connectivity index (χ4n) is 1.90. The number of benzene rings is 2. The van der Waals surface area contributed by atoms with Crippen molar-refractivity contribution in [3.05, 3.63) is 75.8 Å². The Morgan fingerprint density at radius 1 is 1.17 bits per heavy atom. The summed E-state index contributed by atoms with van der Waals surface area (Å²) in [7, 11) is 0. The summed E-state index contributed by atoms with van der Waals surface area (Å²) in [6, 6.07) is 15.9. The van der Waals surface area contributed by atoms with Gasteiger partial charge in [-0.1, -0.05) is 30.3 Å². The normalized spacial score (nSPS) is 11.1. The number of rotatable bonds is 7. The number of hydrogen-bond donors (Lipinski definition) is 1. The van der Waals surface area contributed by atoms with E-state index in [1.807, 2.05) is 30.3 Å². The van der Waals surface area contributed by atoms with Crippen LogP contribution in [0.25, 0.3) is 0 Å². The molecule has 0 unspecified atom stereocenters. The lowest BCUT2D eigenvalue weighted by Crippen LogP contribution is -2.21. The molecule has 0 saturated heterocycles. The quantitative estimate of drug-likeness (QED) is 0.474. The molecule has 2 rings (SSSR count). The third-order valence-corrected chi connectivity index (χ3v) is 4.19. The van der Waals surface area contributed by atoms with Crippen molar-refractivity contribution in [3.8, 4) is 0 Å². The molecule has 0 saturated carbocycles. The standard InChI is InChI=1S/C17H17N3O3S/c1-13(15-7-9-16(10-8-15)20(22)23)18-19-17(21)12-24-11-14-5-3-2-4-6-14/h2-10H,11-12H2,1H3,(H,19,21)/b18-13-. The van der Waals surface area contributed by atoms with Crippen LogP contribution in [-0.4, -0.2) is 22.3 Å². The van der Waals surface area contributed by atoms with Crippen LogP contribution >= 0.6 is 11.8 Å². The van der Waals surface area contributed by atoms with Crippen LogP contribution in [0.2, 0.25) is 0 Å². The zero-order valence-electron chi connectivity index (χ0n) is 13.1. The monoisotopic (exact) mass is 343 g/mol. The van der Waals surface area contributed by atoms with Crippen molar-refractivity contribution in [3.63, 3.8) is 0 Å². The molecule has 0 fully saturated rings. The Morgan fingerprint density at radius 2 is 1.83 bits per heavy atom. The van der Waals surface area contributed by atoms with E-state index in [0.29, 0.717) is 11.5 Å². The van der Waals surface area contributed by atoms with Gasteiger partial charge in [0.05, 0.1) is 16.4 Å². The summed E-state index contributed by atoms with van der Waals surface area (Å²) in [6.07, 6.45) is 0. The highest BCUT2D eigenvalue weighted by Gasteiger charge is 2.06. The molecule has 2 aromatic rings. The van der Waals surface area contributed by atoms with Gasteiger partial charge in [-0.2, -0.15) is 5.10 Å². The molecule has 0 aromatic heterocycles.